The van der Waals surface area contributed by atoms with Gasteiger partial charge in [0.15, 0.2) is 0 Å². The van der Waals surface area contributed by atoms with E-state index in [4.69, 9.17) is 0 Å². The smallest absolute Gasteiger partial charge is 0.305 e. The Morgan fingerprint density at radius 3 is 2.55 bits per heavy atom. The molecular formula is C14H18F4N2. The molecule has 0 bridgehead atoms. The fraction of sp³-hybridized carbons (Fsp3) is 0.643. The quantitative estimate of drug-likeness (QED) is 0.851. The van der Waals surface area contributed by atoms with Gasteiger partial charge < -0.3 is 5.32 Å². The van der Waals surface area contributed by atoms with Gasteiger partial charge in [0.2, 0.25) is 0 Å². The van der Waals surface area contributed by atoms with Gasteiger partial charge in [-0.1, -0.05) is 12.8 Å². The number of aromatic nitrogens is 1. The van der Waals surface area contributed by atoms with Crippen LogP contribution in [0.4, 0.5) is 17.6 Å². The Bertz CT molecular complexity index is 430. The molecule has 1 N–H and O–H groups in total. The lowest BCUT2D eigenvalue weighted by molar-refractivity contribution is -0.189. The van der Waals surface area contributed by atoms with E-state index in [1.54, 1.807) is 6.92 Å². The lowest BCUT2D eigenvalue weighted by Crippen LogP contribution is -2.46. The van der Waals surface area contributed by atoms with E-state index in [2.05, 4.69) is 10.3 Å². The summed E-state index contributed by atoms with van der Waals surface area (Å²) in [5.41, 5.74) is 0.554. The van der Waals surface area contributed by atoms with Crippen LogP contribution in [0.15, 0.2) is 18.3 Å². The first-order valence-electron chi connectivity index (χ1n) is 6.82. The minimum atomic E-state index is -4.17. The molecule has 1 aliphatic rings. The zero-order valence-corrected chi connectivity index (χ0v) is 11.3. The molecule has 0 amide bonds. The summed E-state index contributed by atoms with van der Waals surface area (Å²) < 4.78 is 51.8. The molecule has 1 aliphatic carbocycles. The van der Waals surface area contributed by atoms with E-state index in [0.717, 1.165) is 12.6 Å². The first-order valence-corrected chi connectivity index (χ1v) is 6.82. The van der Waals surface area contributed by atoms with Gasteiger partial charge in [0.05, 0.1) is 17.8 Å². The van der Waals surface area contributed by atoms with Crippen LogP contribution in [0.1, 0.15) is 44.3 Å². The summed E-state index contributed by atoms with van der Waals surface area (Å²) >= 11 is 0. The molecule has 2 nitrogen and oxygen atoms in total. The third-order valence-corrected chi connectivity index (χ3v) is 3.84. The minimum absolute atomic E-state index is 0.171. The normalized spacial score (nSPS) is 25.4. The Morgan fingerprint density at radius 2 is 1.95 bits per heavy atom. The average molecular weight is 290 g/mol. The van der Waals surface area contributed by atoms with Crippen molar-refractivity contribution < 1.29 is 17.6 Å². The Balaban J connectivity index is 2.05. The topological polar surface area (TPSA) is 24.9 Å². The van der Waals surface area contributed by atoms with Gasteiger partial charge in [-0.3, -0.25) is 4.98 Å². The number of hydrogen-bond acceptors (Lipinski definition) is 2. The van der Waals surface area contributed by atoms with Crippen LogP contribution < -0.4 is 5.32 Å². The van der Waals surface area contributed by atoms with Crippen LogP contribution in [0.25, 0.3) is 0 Å². The highest BCUT2D eigenvalue weighted by Crippen LogP contribution is 2.38. The number of rotatable bonds is 3. The van der Waals surface area contributed by atoms with Gasteiger partial charge >= 0.3 is 6.18 Å². The standard InChI is InChI=1S/C14H18F4N2/c1-9(12-7-6-10(15)8-19-12)20-13-5-3-2-4-11(13)14(16,17)18/h6-9,11,13,20H,2-5H2,1H3. The largest absolute Gasteiger partial charge is 0.393 e. The molecule has 1 aromatic heterocycles. The molecular weight excluding hydrogens is 272 g/mol. The van der Waals surface area contributed by atoms with Gasteiger partial charge in [0, 0.05) is 12.1 Å². The van der Waals surface area contributed by atoms with E-state index in [1.807, 2.05) is 0 Å². The van der Waals surface area contributed by atoms with Crippen LogP contribution in [0, 0.1) is 11.7 Å². The molecule has 2 rings (SSSR count). The summed E-state index contributed by atoms with van der Waals surface area (Å²) in [6.07, 6.45) is -0.997. The van der Waals surface area contributed by atoms with Crippen LogP contribution in [0.5, 0.6) is 0 Å². The van der Waals surface area contributed by atoms with Crippen molar-refractivity contribution in [2.24, 2.45) is 5.92 Å². The average Bonchev–Trinajstić information content (AvgIpc) is 2.38. The van der Waals surface area contributed by atoms with Crippen molar-refractivity contribution in [2.75, 3.05) is 0 Å². The molecule has 0 saturated heterocycles. The molecule has 3 unspecified atom stereocenters. The second-order valence-electron chi connectivity index (χ2n) is 5.33. The summed E-state index contributed by atoms with van der Waals surface area (Å²) in [5.74, 6) is -1.76. The summed E-state index contributed by atoms with van der Waals surface area (Å²) in [6.45, 7) is 1.75. The number of halogens is 4. The van der Waals surface area contributed by atoms with E-state index in [-0.39, 0.29) is 12.5 Å². The Hall–Kier alpha value is -1.17. The molecule has 6 heteroatoms. The lowest BCUT2D eigenvalue weighted by Gasteiger charge is -2.35. The van der Waals surface area contributed by atoms with Gasteiger partial charge in [-0.15, -0.1) is 0 Å². The highest BCUT2D eigenvalue weighted by molar-refractivity contribution is 5.09. The number of hydrogen-bond donors (Lipinski definition) is 1. The molecule has 1 aromatic rings. The highest BCUT2D eigenvalue weighted by Gasteiger charge is 2.45. The second-order valence-corrected chi connectivity index (χ2v) is 5.33. The number of nitrogens with zero attached hydrogens (tertiary/aromatic N) is 1. The molecule has 1 saturated carbocycles. The molecule has 20 heavy (non-hydrogen) atoms. The van der Waals surface area contributed by atoms with E-state index < -0.39 is 24.0 Å². The van der Waals surface area contributed by atoms with E-state index in [1.165, 1.54) is 12.1 Å². The van der Waals surface area contributed by atoms with Gasteiger partial charge in [-0.2, -0.15) is 13.2 Å². The van der Waals surface area contributed by atoms with Crippen molar-refractivity contribution >= 4 is 0 Å². The predicted molar refractivity (Wildman–Crippen MR) is 67.5 cm³/mol. The first kappa shape index (κ1) is 15.2. The van der Waals surface area contributed by atoms with Gasteiger partial charge in [0.25, 0.3) is 0 Å². The van der Waals surface area contributed by atoms with E-state index in [0.29, 0.717) is 18.5 Å². The lowest BCUT2D eigenvalue weighted by atomic mass is 9.83. The molecule has 0 radical (unpaired) electrons. The SMILES string of the molecule is CC(NC1CCCCC1C(F)(F)F)c1ccc(F)cn1. The second kappa shape index (κ2) is 6.08. The first-order chi connectivity index (χ1) is 9.38. The van der Waals surface area contributed by atoms with Crippen LogP contribution in [-0.2, 0) is 0 Å². The zero-order valence-electron chi connectivity index (χ0n) is 11.3. The van der Waals surface area contributed by atoms with Crippen molar-refractivity contribution in [1.82, 2.24) is 10.3 Å². The van der Waals surface area contributed by atoms with Gasteiger partial charge in [-0.05, 0) is 31.9 Å². The Kier molecular flexibility index (Phi) is 4.62. The maximum atomic E-state index is 13.0. The molecule has 1 fully saturated rings. The van der Waals surface area contributed by atoms with E-state index >= 15 is 0 Å². The summed E-state index contributed by atoms with van der Waals surface area (Å²) in [6, 6.07) is 1.84. The van der Waals surface area contributed by atoms with Crippen molar-refractivity contribution in [2.45, 2.75) is 50.9 Å². The maximum absolute atomic E-state index is 13.0. The molecule has 0 aromatic carbocycles. The number of alkyl halides is 3. The molecule has 112 valence electrons. The molecule has 0 aliphatic heterocycles. The zero-order chi connectivity index (χ0) is 14.8. The molecule has 0 spiro atoms. The van der Waals surface area contributed by atoms with Crippen LogP contribution in [-0.4, -0.2) is 17.2 Å². The fourth-order valence-corrected chi connectivity index (χ4v) is 2.77. The van der Waals surface area contributed by atoms with Crippen molar-refractivity contribution in [3.05, 3.63) is 29.8 Å². The van der Waals surface area contributed by atoms with Crippen molar-refractivity contribution in [3.8, 4) is 0 Å². The van der Waals surface area contributed by atoms with Gasteiger partial charge in [0.1, 0.15) is 5.82 Å². The Morgan fingerprint density at radius 1 is 1.25 bits per heavy atom. The number of nitrogens with one attached hydrogen (secondary N) is 1. The third-order valence-electron chi connectivity index (χ3n) is 3.84. The van der Waals surface area contributed by atoms with Crippen LogP contribution >= 0.6 is 0 Å². The summed E-state index contributed by atoms with van der Waals surface area (Å²) in [4.78, 5) is 3.91. The fourth-order valence-electron chi connectivity index (χ4n) is 2.77. The van der Waals surface area contributed by atoms with Crippen LogP contribution in [0.2, 0.25) is 0 Å². The Labute approximate surface area is 115 Å². The third kappa shape index (κ3) is 3.69. The summed E-state index contributed by atoms with van der Waals surface area (Å²) in [5, 5.41) is 3.01. The predicted octanol–water partition coefficient (Wildman–Crippen LogP) is 3.99. The van der Waals surface area contributed by atoms with Crippen molar-refractivity contribution in [3.63, 3.8) is 0 Å². The maximum Gasteiger partial charge on any atom is 0.393 e. The van der Waals surface area contributed by atoms with Gasteiger partial charge in [-0.25, -0.2) is 4.39 Å². The minimum Gasteiger partial charge on any atom is -0.305 e. The van der Waals surface area contributed by atoms with Crippen molar-refractivity contribution in [1.29, 1.82) is 0 Å². The van der Waals surface area contributed by atoms with Crippen LogP contribution in [0.3, 0.4) is 0 Å². The van der Waals surface area contributed by atoms with E-state index in [9.17, 15) is 17.6 Å². The summed E-state index contributed by atoms with van der Waals surface area (Å²) in [7, 11) is 0. The monoisotopic (exact) mass is 290 g/mol. The number of pyridine rings is 1. The highest BCUT2D eigenvalue weighted by atomic mass is 19.4. The molecule has 3 atom stereocenters. The molecule has 1 heterocycles.